The first-order valence-electron chi connectivity index (χ1n) is 7.17. The maximum absolute atomic E-state index is 13.3. The average molecular weight is 291 g/mol. The monoisotopic (exact) mass is 291 g/mol. The van der Waals surface area contributed by atoms with Crippen LogP contribution in [0, 0.1) is 18.2 Å². The van der Waals surface area contributed by atoms with Gasteiger partial charge in [0.15, 0.2) is 0 Å². The topological polar surface area (TPSA) is 38.3 Å². The second-order valence-corrected chi connectivity index (χ2v) is 6.42. The molecule has 0 unspecified atom stereocenters. The van der Waals surface area contributed by atoms with Gasteiger partial charge in [-0.05, 0) is 56.5 Å². The predicted octanol–water partition coefficient (Wildman–Crippen LogP) is 3.08. The van der Waals surface area contributed by atoms with E-state index in [2.05, 4.69) is 5.32 Å². The van der Waals surface area contributed by atoms with E-state index in [0.29, 0.717) is 6.54 Å². The molecule has 0 aromatic heterocycles. The van der Waals surface area contributed by atoms with Crippen molar-refractivity contribution in [3.8, 4) is 0 Å². The van der Waals surface area contributed by atoms with Crippen LogP contribution in [0.1, 0.15) is 31.9 Å². The fourth-order valence-electron chi connectivity index (χ4n) is 2.28. The van der Waals surface area contributed by atoms with Crippen LogP contribution in [0.3, 0.4) is 0 Å². The van der Waals surface area contributed by atoms with E-state index in [4.69, 9.17) is 4.74 Å². The Morgan fingerprint density at radius 1 is 1.38 bits per heavy atom. The van der Waals surface area contributed by atoms with Crippen molar-refractivity contribution in [3.63, 3.8) is 0 Å². The van der Waals surface area contributed by atoms with Crippen LogP contribution in [0.2, 0.25) is 0 Å². The van der Waals surface area contributed by atoms with Crippen molar-refractivity contribution in [1.29, 1.82) is 0 Å². The molecule has 0 saturated heterocycles. The third-order valence-corrected chi connectivity index (χ3v) is 3.50. The lowest BCUT2D eigenvalue weighted by molar-refractivity contribution is -0.155. The molecular weight excluding hydrogens is 269 g/mol. The first kappa shape index (κ1) is 15.7. The SMILES string of the molecule is Cc1cc(F)ccc1C1=CCNC[C@@H]1OC(=O)C(C)(C)C. The van der Waals surface area contributed by atoms with Crippen LogP contribution in [0.5, 0.6) is 0 Å². The van der Waals surface area contributed by atoms with Crippen LogP contribution in [0.4, 0.5) is 4.39 Å². The summed E-state index contributed by atoms with van der Waals surface area (Å²) < 4.78 is 18.9. The van der Waals surface area contributed by atoms with E-state index in [0.717, 1.165) is 23.2 Å². The van der Waals surface area contributed by atoms with E-state index in [9.17, 15) is 9.18 Å². The van der Waals surface area contributed by atoms with Crippen LogP contribution in [0.15, 0.2) is 24.3 Å². The highest BCUT2D eigenvalue weighted by Gasteiger charge is 2.29. The number of hydrogen-bond acceptors (Lipinski definition) is 3. The molecule has 1 aromatic rings. The van der Waals surface area contributed by atoms with Gasteiger partial charge in [0.2, 0.25) is 0 Å². The molecule has 0 radical (unpaired) electrons. The Morgan fingerprint density at radius 2 is 2.10 bits per heavy atom. The highest BCUT2D eigenvalue weighted by atomic mass is 19.1. The largest absolute Gasteiger partial charge is 0.456 e. The minimum Gasteiger partial charge on any atom is -0.456 e. The van der Waals surface area contributed by atoms with E-state index in [-0.39, 0.29) is 17.9 Å². The molecular formula is C17H22FNO2. The van der Waals surface area contributed by atoms with Gasteiger partial charge in [-0.15, -0.1) is 0 Å². The van der Waals surface area contributed by atoms with E-state index >= 15 is 0 Å². The van der Waals surface area contributed by atoms with Crippen LogP contribution in [-0.4, -0.2) is 25.2 Å². The summed E-state index contributed by atoms with van der Waals surface area (Å²) in [5.74, 6) is -0.490. The second kappa shape index (κ2) is 5.98. The summed E-state index contributed by atoms with van der Waals surface area (Å²) in [6.07, 6.45) is 1.67. The average Bonchev–Trinajstić information content (AvgIpc) is 2.39. The molecule has 0 fully saturated rings. The third-order valence-electron chi connectivity index (χ3n) is 3.50. The van der Waals surface area contributed by atoms with Crippen molar-refractivity contribution in [3.05, 3.63) is 41.2 Å². The Morgan fingerprint density at radius 3 is 2.71 bits per heavy atom. The van der Waals surface area contributed by atoms with Crippen molar-refractivity contribution in [1.82, 2.24) is 5.32 Å². The molecule has 2 rings (SSSR count). The summed E-state index contributed by atoms with van der Waals surface area (Å²) in [5.41, 5.74) is 2.19. The van der Waals surface area contributed by atoms with Crippen molar-refractivity contribution < 1.29 is 13.9 Å². The highest BCUT2D eigenvalue weighted by molar-refractivity contribution is 5.79. The van der Waals surface area contributed by atoms with E-state index in [1.54, 1.807) is 6.07 Å². The smallest absolute Gasteiger partial charge is 0.311 e. The maximum atomic E-state index is 13.3. The van der Waals surface area contributed by atoms with Gasteiger partial charge in [0.05, 0.1) is 5.41 Å². The van der Waals surface area contributed by atoms with Crippen molar-refractivity contribution in [2.75, 3.05) is 13.1 Å². The third kappa shape index (κ3) is 3.70. The molecule has 1 aliphatic rings. The summed E-state index contributed by atoms with van der Waals surface area (Å²) in [6.45, 7) is 8.65. The maximum Gasteiger partial charge on any atom is 0.311 e. The van der Waals surface area contributed by atoms with E-state index in [1.165, 1.54) is 12.1 Å². The van der Waals surface area contributed by atoms with Gasteiger partial charge < -0.3 is 10.1 Å². The standard InChI is InChI=1S/C17H22FNO2/c1-11-9-12(18)5-6-13(11)14-7-8-19-10-15(14)21-16(20)17(2,3)4/h5-7,9,15,19H,8,10H2,1-4H3/t15-/m0/s1. The van der Waals surface area contributed by atoms with Gasteiger partial charge in [0, 0.05) is 13.1 Å². The summed E-state index contributed by atoms with van der Waals surface area (Å²) >= 11 is 0. The minimum atomic E-state index is -0.541. The molecule has 1 aliphatic heterocycles. The number of esters is 1. The number of carbonyl (C=O) groups excluding carboxylic acids is 1. The lowest BCUT2D eigenvalue weighted by Crippen LogP contribution is -2.38. The Hall–Kier alpha value is -1.68. The van der Waals surface area contributed by atoms with Gasteiger partial charge in [-0.25, -0.2) is 4.39 Å². The Labute approximate surface area is 125 Å². The van der Waals surface area contributed by atoms with Gasteiger partial charge in [-0.2, -0.15) is 0 Å². The minimum absolute atomic E-state index is 0.234. The molecule has 0 spiro atoms. The Bertz CT molecular complexity index is 573. The quantitative estimate of drug-likeness (QED) is 0.851. The second-order valence-electron chi connectivity index (χ2n) is 6.42. The van der Waals surface area contributed by atoms with Gasteiger partial charge in [-0.1, -0.05) is 12.1 Å². The number of carbonyl (C=O) groups is 1. The van der Waals surface area contributed by atoms with Gasteiger partial charge in [-0.3, -0.25) is 4.79 Å². The molecule has 114 valence electrons. The van der Waals surface area contributed by atoms with Crippen molar-refractivity contribution >= 4 is 11.5 Å². The molecule has 1 heterocycles. The number of ether oxygens (including phenoxy) is 1. The summed E-state index contributed by atoms with van der Waals surface area (Å²) in [5, 5.41) is 3.19. The fraction of sp³-hybridized carbons (Fsp3) is 0.471. The lowest BCUT2D eigenvalue weighted by Gasteiger charge is -2.29. The molecule has 0 aliphatic carbocycles. The number of nitrogens with one attached hydrogen (secondary N) is 1. The molecule has 4 heteroatoms. The number of hydrogen-bond donors (Lipinski definition) is 1. The zero-order chi connectivity index (χ0) is 15.6. The Kier molecular flexibility index (Phi) is 4.47. The van der Waals surface area contributed by atoms with Crippen LogP contribution >= 0.6 is 0 Å². The predicted molar refractivity (Wildman–Crippen MR) is 81.3 cm³/mol. The molecule has 21 heavy (non-hydrogen) atoms. The van der Waals surface area contributed by atoms with Crippen LogP contribution in [0.25, 0.3) is 5.57 Å². The normalized spacial score (nSPS) is 19.1. The molecule has 0 bridgehead atoms. The van der Waals surface area contributed by atoms with Crippen LogP contribution < -0.4 is 5.32 Å². The number of rotatable bonds is 2. The molecule has 0 amide bonds. The number of aryl methyl sites for hydroxylation is 1. The van der Waals surface area contributed by atoms with Gasteiger partial charge in [0.25, 0.3) is 0 Å². The van der Waals surface area contributed by atoms with Gasteiger partial charge in [0.1, 0.15) is 11.9 Å². The molecule has 1 aromatic carbocycles. The number of halogens is 1. The van der Waals surface area contributed by atoms with E-state index < -0.39 is 5.41 Å². The molecule has 3 nitrogen and oxygen atoms in total. The summed E-state index contributed by atoms with van der Waals surface area (Å²) in [7, 11) is 0. The first-order valence-corrected chi connectivity index (χ1v) is 7.17. The highest BCUT2D eigenvalue weighted by Crippen LogP contribution is 2.28. The molecule has 1 atom stereocenters. The fourth-order valence-corrected chi connectivity index (χ4v) is 2.28. The van der Waals surface area contributed by atoms with E-state index in [1.807, 2.05) is 33.8 Å². The molecule has 1 N–H and O–H groups in total. The van der Waals surface area contributed by atoms with Crippen molar-refractivity contribution in [2.45, 2.75) is 33.8 Å². The van der Waals surface area contributed by atoms with Crippen molar-refractivity contribution in [2.24, 2.45) is 5.41 Å². The Balaban J connectivity index is 2.27. The van der Waals surface area contributed by atoms with Gasteiger partial charge >= 0.3 is 5.97 Å². The summed E-state index contributed by atoms with van der Waals surface area (Å²) in [4.78, 5) is 12.1. The first-order chi connectivity index (χ1) is 9.79. The zero-order valence-corrected chi connectivity index (χ0v) is 13.0. The van der Waals surface area contributed by atoms with Crippen LogP contribution in [-0.2, 0) is 9.53 Å². The summed E-state index contributed by atoms with van der Waals surface area (Å²) in [6, 6.07) is 4.69. The number of benzene rings is 1. The molecule has 0 saturated carbocycles. The zero-order valence-electron chi connectivity index (χ0n) is 13.0. The lowest BCUT2D eigenvalue weighted by atomic mass is 9.93.